The van der Waals surface area contributed by atoms with E-state index >= 15 is 0 Å². The molecule has 0 saturated heterocycles. The van der Waals surface area contributed by atoms with Gasteiger partial charge in [-0.3, -0.25) is 0 Å². The maximum absolute atomic E-state index is 4.93. The van der Waals surface area contributed by atoms with Crippen LogP contribution in [0.1, 0.15) is 24.4 Å². The van der Waals surface area contributed by atoms with Gasteiger partial charge in [0.2, 0.25) is 0 Å². The van der Waals surface area contributed by atoms with Crippen LogP contribution >= 0.6 is 11.3 Å². The number of hydrogen-bond donors (Lipinski definition) is 0. The highest BCUT2D eigenvalue weighted by molar-refractivity contribution is 7.11. The Balaban J connectivity index is 2.77. The number of hydrogen-bond acceptors (Lipinski definition) is 4. The highest BCUT2D eigenvalue weighted by atomic mass is 32.1. The first-order chi connectivity index (χ1) is 5.75. The number of aromatic nitrogens is 1. The first-order valence-corrected chi connectivity index (χ1v) is 4.57. The van der Waals surface area contributed by atoms with Gasteiger partial charge in [0.25, 0.3) is 0 Å². The summed E-state index contributed by atoms with van der Waals surface area (Å²) in [6.07, 6.45) is 0. The first-order valence-electron chi connectivity index (χ1n) is 3.76. The summed E-state index contributed by atoms with van der Waals surface area (Å²) in [5.41, 5.74) is 4.64. The molecule has 0 saturated carbocycles. The molecule has 1 aromatic heterocycles. The first kappa shape index (κ1) is 9.19. The van der Waals surface area contributed by atoms with Gasteiger partial charge < -0.3 is 4.84 Å². The van der Waals surface area contributed by atoms with Crippen molar-refractivity contribution >= 4 is 17.0 Å². The van der Waals surface area contributed by atoms with E-state index in [1.807, 2.05) is 20.8 Å². The van der Waals surface area contributed by atoms with Gasteiger partial charge in [-0.05, 0) is 20.8 Å². The zero-order valence-electron chi connectivity index (χ0n) is 7.42. The van der Waals surface area contributed by atoms with Crippen LogP contribution in [-0.4, -0.2) is 17.3 Å². The van der Waals surface area contributed by atoms with E-state index in [1.165, 1.54) is 11.3 Å². The van der Waals surface area contributed by atoms with E-state index in [0.29, 0.717) is 6.61 Å². The summed E-state index contributed by atoms with van der Waals surface area (Å²) in [5, 5.41) is 3.91. The third-order valence-corrected chi connectivity index (χ3v) is 2.33. The highest BCUT2D eigenvalue weighted by Crippen LogP contribution is 2.12. The van der Waals surface area contributed by atoms with Gasteiger partial charge in [0, 0.05) is 0 Å². The summed E-state index contributed by atoms with van der Waals surface area (Å²) in [4.78, 5) is 9.97. The van der Waals surface area contributed by atoms with Gasteiger partial charge in [0.1, 0.15) is 6.61 Å². The Labute approximate surface area is 76.1 Å². The molecule has 1 radical (unpaired) electrons. The monoisotopic (exact) mass is 183 g/mol. The van der Waals surface area contributed by atoms with Crippen molar-refractivity contribution in [3.05, 3.63) is 16.1 Å². The van der Waals surface area contributed by atoms with Crippen molar-refractivity contribution in [1.29, 1.82) is 0 Å². The number of oxime groups is 1. The molecule has 65 valence electrons. The van der Waals surface area contributed by atoms with Crippen LogP contribution in [-0.2, 0) is 4.84 Å². The Morgan fingerprint density at radius 2 is 2.50 bits per heavy atom. The average molecular weight is 183 g/mol. The summed E-state index contributed by atoms with van der Waals surface area (Å²) in [6, 6.07) is 0. The van der Waals surface area contributed by atoms with Crippen LogP contribution in [0.15, 0.2) is 5.16 Å². The van der Waals surface area contributed by atoms with Gasteiger partial charge in [-0.15, -0.1) is 11.3 Å². The standard InChI is InChI=1S/C8H11N2OS/c1-4-11-10-7(3)8-6(2)9-5-12-8/h4H2,1-3H3/b10-7-. The fourth-order valence-corrected chi connectivity index (χ4v) is 1.45. The van der Waals surface area contributed by atoms with E-state index in [4.69, 9.17) is 4.84 Å². The van der Waals surface area contributed by atoms with E-state index in [0.717, 1.165) is 16.3 Å². The second kappa shape index (κ2) is 4.21. The molecule has 3 nitrogen and oxygen atoms in total. The van der Waals surface area contributed by atoms with Crippen molar-refractivity contribution in [2.24, 2.45) is 5.16 Å². The van der Waals surface area contributed by atoms with Crippen LogP contribution in [0, 0.1) is 12.4 Å². The minimum absolute atomic E-state index is 0.596. The van der Waals surface area contributed by atoms with Gasteiger partial charge in [-0.2, -0.15) is 0 Å². The molecule has 0 amide bonds. The quantitative estimate of drug-likeness (QED) is 0.530. The Morgan fingerprint density at radius 1 is 1.75 bits per heavy atom. The van der Waals surface area contributed by atoms with E-state index in [2.05, 4.69) is 15.7 Å². The predicted molar refractivity (Wildman–Crippen MR) is 49.5 cm³/mol. The Morgan fingerprint density at radius 3 is 3.00 bits per heavy atom. The maximum atomic E-state index is 4.93. The third kappa shape index (κ3) is 2.04. The van der Waals surface area contributed by atoms with Gasteiger partial charge >= 0.3 is 0 Å². The molecule has 0 N–H and O–H groups in total. The number of nitrogens with zero attached hydrogens (tertiary/aromatic N) is 2. The number of aryl methyl sites for hydroxylation is 1. The summed E-state index contributed by atoms with van der Waals surface area (Å²) in [7, 11) is 0. The lowest BCUT2D eigenvalue weighted by Gasteiger charge is -1.96. The lowest BCUT2D eigenvalue weighted by molar-refractivity contribution is 0.159. The average Bonchev–Trinajstić information content (AvgIpc) is 2.47. The fourth-order valence-electron chi connectivity index (χ4n) is 0.800. The van der Waals surface area contributed by atoms with Crippen molar-refractivity contribution in [1.82, 2.24) is 4.98 Å². The largest absolute Gasteiger partial charge is 0.396 e. The molecule has 1 rings (SSSR count). The van der Waals surface area contributed by atoms with Gasteiger partial charge in [-0.1, -0.05) is 5.16 Å². The molecule has 0 aliphatic rings. The van der Waals surface area contributed by atoms with E-state index in [9.17, 15) is 0 Å². The third-order valence-electron chi connectivity index (χ3n) is 1.35. The Bertz CT molecular complexity index is 280. The van der Waals surface area contributed by atoms with Crippen LogP contribution in [0.25, 0.3) is 0 Å². The molecule has 1 heterocycles. The normalized spacial score (nSPS) is 11.8. The van der Waals surface area contributed by atoms with Crippen molar-refractivity contribution in [3.8, 4) is 0 Å². The van der Waals surface area contributed by atoms with E-state index in [-0.39, 0.29) is 0 Å². The van der Waals surface area contributed by atoms with Crippen LogP contribution in [0.3, 0.4) is 0 Å². The molecule has 0 fully saturated rings. The Hall–Kier alpha value is -0.900. The van der Waals surface area contributed by atoms with Crippen molar-refractivity contribution in [2.45, 2.75) is 20.8 Å². The zero-order valence-corrected chi connectivity index (χ0v) is 8.23. The second-order valence-corrected chi connectivity index (χ2v) is 3.11. The molecule has 0 spiro atoms. The smallest absolute Gasteiger partial charge is 0.153 e. The van der Waals surface area contributed by atoms with E-state index in [1.54, 1.807) is 0 Å². The molecule has 0 unspecified atom stereocenters. The van der Waals surface area contributed by atoms with Crippen LogP contribution in [0.2, 0.25) is 0 Å². The molecule has 0 aliphatic carbocycles. The zero-order chi connectivity index (χ0) is 8.97. The minimum Gasteiger partial charge on any atom is -0.396 e. The lowest BCUT2D eigenvalue weighted by Crippen LogP contribution is -1.95. The molecule has 0 bridgehead atoms. The summed E-state index contributed by atoms with van der Waals surface area (Å²) in [6.45, 7) is 6.35. The van der Waals surface area contributed by atoms with Crippen molar-refractivity contribution < 1.29 is 4.84 Å². The Kier molecular flexibility index (Phi) is 3.22. The number of rotatable bonds is 3. The molecule has 12 heavy (non-hydrogen) atoms. The molecule has 4 heteroatoms. The summed E-state index contributed by atoms with van der Waals surface area (Å²) >= 11 is 1.46. The lowest BCUT2D eigenvalue weighted by atomic mass is 10.3. The minimum atomic E-state index is 0.596. The van der Waals surface area contributed by atoms with Crippen LogP contribution in [0.5, 0.6) is 0 Å². The van der Waals surface area contributed by atoms with Crippen LogP contribution < -0.4 is 0 Å². The second-order valence-electron chi connectivity index (χ2n) is 2.31. The number of thiazole rings is 1. The molecular formula is C8H11N2OS. The van der Waals surface area contributed by atoms with E-state index < -0.39 is 0 Å². The molecular weight excluding hydrogens is 172 g/mol. The summed E-state index contributed by atoms with van der Waals surface area (Å²) < 4.78 is 0. The fraction of sp³-hybridized carbons (Fsp3) is 0.500. The maximum Gasteiger partial charge on any atom is 0.153 e. The van der Waals surface area contributed by atoms with Gasteiger partial charge in [-0.25, -0.2) is 4.98 Å². The van der Waals surface area contributed by atoms with Crippen molar-refractivity contribution in [2.75, 3.05) is 6.61 Å². The summed E-state index contributed by atoms with van der Waals surface area (Å²) in [5.74, 6) is 0. The molecule has 1 aromatic rings. The van der Waals surface area contributed by atoms with Gasteiger partial charge in [0.05, 0.1) is 16.3 Å². The molecule has 0 aromatic carbocycles. The predicted octanol–water partition coefficient (Wildman–Crippen LogP) is 2.01. The van der Waals surface area contributed by atoms with Crippen LogP contribution in [0.4, 0.5) is 0 Å². The topological polar surface area (TPSA) is 34.5 Å². The SMILES string of the molecule is CCO/N=C(/C)c1s[c]nc1C. The molecule has 0 atom stereocenters. The van der Waals surface area contributed by atoms with Gasteiger partial charge in [0.15, 0.2) is 5.51 Å². The molecule has 0 aliphatic heterocycles. The van der Waals surface area contributed by atoms with Crippen molar-refractivity contribution in [3.63, 3.8) is 0 Å². The highest BCUT2D eigenvalue weighted by Gasteiger charge is 2.04.